The number of nitrogens with zero attached hydrogens (tertiary/aromatic N) is 1. The first kappa shape index (κ1) is 13.3. The highest BCUT2D eigenvalue weighted by molar-refractivity contribution is 9.10. The SMILES string of the molecule is O=C1NC2(CCCCC2)Nc2c1sc(-c1cn[nH]c1)c2Br. The van der Waals surface area contributed by atoms with Crippen molar-refractivity contribution in [2.45, 2.75) is 37.8 Å². The molecule has 1 saturated carbocycles. The van der Waals surface area contributed by atoms with E-state index in [4.69, 9.17) is 0 Å². The summed E-state index contributed by atoms with van der Waals surface area (Å²) in [6, 6.07) is 0. The number of amides is 1. The molecule has 110 valence electrons. The summed E-state index contributed by atoms with van der Waals surface area (Å²) in [5.41, 5.74) is 1.66. The van der Waals surface area contributed by atoms with Gasteiger partial charge in [-0.1, -0.05) is 6.42 Å². The highest BCUT2D eigenvalue weighted by Gasteiger charge is 2.40. The molecule has 21 heavy (non-hydrogen) atoms. The van der Waals surface area contributed by atoms with E-state index in [1.807, 2.05) is 6.20 Å². The number of aromatic amines is 1. The summed E-state index contributed by atoms with van der Waals surface area (Å²) >= 11 is 5.16. The molecule has 0 unspecified atom stereocenters. The third kappa shape index (κ3) is 2.10. The molecule has 0 bridgehead atoms. The van der Waals surface area contributed by atoms with Gasteiger partial charge < -0.3 is 10.6 Å². The Hall–Kier alpha value is -1.34. The van der Waals surface area contributed by atoms with Gasteiger partial charge in [-0.05, 0) is 41.6 Å². The summed E-state index contributed by atoms with van der Waals surface area (Å²) in [7, 11) is 0. The summed E-state index contributed by atoms with van der Waals surface area (Å²) in [5, 5.41) is 13.6. The van der Waals surface area contributed by atoms with Crippen molar-refractivity contribution in [3.05, 3.63) is 21.7 Å². The highest BCUT2D eigenvalue weighted by Crippen LogP contribution is 2.47. The number of carbonyl (C=O) groups excluding carboxylic acids is 1. The van der Waals surface area contributed by atoms with Gasteiger partial charge in [-0.3, -0.25) is 9.89 Å². The maximum Gasteiger partial charge on any atom is 0.265 e. The number of nitrogens with one attached hydrogen (secondary N) is 3. The van der Waals surface area contributed by atoms with Crippen LogP contribution in [-0.4, -0.2) is 21.8 Å². The molecule has 5 nitrogen and oxygen atoms in total. The number of halogens is 1. The Morgan fingerprint density at radius 3 is 2.71 bits per heavy atom. The van der Waals surface area contributed by atoms with Gasteiger partial charge in [0.25, 0.3) is 5.91 Å². The predicted molar refractivity (Wildman–Crippen MR) is 86.5 cm³/mol. The van der Waals surface area contributed by atoms with Crippen LogP contribution < -0.4 is 10.6 Å². The number of hydrogen-bond acceptors (Lipinski definition) is 4. The van der Waals surface area contributed by atoms with Crippen molar-refractivity contribution in [3.63, 3.8) is 0 Å². The van der Waals surface area contributed by atoms with Crippen LogP contribution >= 0.6 is 27.3 Å². The molecule has 2 aliphatic rings. The van der Waals surface area contributed by atoms with Gasteiger partial charge in [-0.15, -0.1) is 11.3 Å². The number of anilines is 1. The predicted octanol–water partition coefficient (Wildman–Crippen LogP) is 3.72. The van der Waals surface area contributed by atoms with E-state index in [0.29, 0.717) is 0 Å². The van der Waals surface area contributed by atoms with E-state index in [-0.39, 0.29) is 11.6 Å². The summed E-state index contributed by atoms with van der Waals surface area (Å²) in [6.45, 7) is 0. The standard InChI is InChI=1S/C14H15BrN4OS/c15-9-10-12(21-11(9)8-6-16-17-7-8)13(20)19-14(18-10)4-2-1-3-5-14/h6-7,18H,1-5H2,(H,16,17)(H,19,20). The van der Waals surface area contributed by atoms with Crippen molar-refractivity contribution in [2.24, 2.45) is 0 Å². The minimum Gasteiger partial charge on any atom is -0.360 e. The van der Waals surface area contributed by atoms with Crippen LogP contribution in [0, 0.1) is 0 Å². The molecule has 1 fully saturated rings. The molecule has 1 spiro atoms. The van der Waals surface area contributed by atoms with Crippen LogP contribution in [-0.2, 0) is 0 Å². The molecule has 0 saturated heterocycles. The number of thiophene rings is 1. The molecule has 7 heteroatoms. The molecule has 2 aromatic rings. The number of hydrogen-bond donors (Lipinski definition) is 3. The lowest BCUT2D eigenvalue weighted by Crippen LogP contribution is -2.58. The molecule has 3 N–H and O–H groups in total. The molecular weight excluding hydrogens is 352 g/mol. The van der Waals surface area contributed by atoms with Crippen molar-refractivity contribution < 1.29 is 4.79 Å². The van der Waals surface area contributed by atoms with E-state index in [2.05, 4.69) is 36.8 Å². The molecule has 1 aliphatic carbocycles. The Morgan fingerprint density at radius 1 is 1.19 bits per heavy atom. The molecule has 2 aromatic heterocycles. The lowest BCUT2D eigenvalue weighted by molar-refractivity contribution is 0.0881. The fourth-order valence-electron chi connectivity index (χ4n) is 3.19. The molecule has 4 rings (SSSR count). The van der Waals surface area contributed by atoms with Gasteiger partial charge in [-0.2, -0.15) is 5.10 Å². The van der Waals surface area contributed by atoms with Gasteiger partial charge in [0.1, 0.15) is 10.5 Å². The number of carbonyl (C=O) groups is 1. The van der Waals surface area contributed by atoms with E-state index in [0.717, 1.165) is 51.2 Å². The smallest absolute Gasteiger partial charge is 0.265 e. The van der Waals surface area contributed by atoms with Gasteiger partial charge in [0, 0.05) is 11.8 Å². The second kappa shape index (κ2) is 4.84. The van der Waals surface area contributed by atoms with Crippen molar-refractivity contribution in [1.29, 1.82) is 0 Å². The summed E-state index contributed by atoms with van der Waals surface area (Å²) in [4.78, 5) is 14.3. The van der Waals surface area contributed by atoms with Gasteiger partial charge >= 0.3 is 0 Å². The lowest BCUT2D eigenvalue weighted by atomic mass is 9.87. The van der Waals surface area contributed by atoms with Crippen molar-refractivity contribution in [2.75, 3.05) is 5.32 Å². The van der Waals surface area contributed by atoms with Crippen LogP contribution in [0.15, 0.2) is 16.9 Å². The average Bonchev–Trinajstić information content (AvgIpc) is 3.09. The number of fused-ring (bicyclic) bond motifs is 1. The van der Waals surface area contributed by atoms with Crippen molar-refractivity contribution in [3.8, 4) is 10.4 Å². The van der Waals surface area contributed by atoms with Crippen LogP contribution in [0.3, 0.4) is 0 Å². The van der Waals surface area contributed by atoms with Gasteiger partial charge in [0.2, 0.25) is 0 Å². The first-order chi connectivity index (χ1) is 10.2. The molecule has 3 heterocycles. The van der Waals surface area contributed by atoms with E-state index < -0.39 is 0 Å². The Morgan fingerprint density at radius 2 is 2.00 bits per heavy atom. The summed E-state index contributed by atoms with van der Waals surface area (Å²) in [6.07, 6.45) is 9.14. The van der Waals surface area contributed by atoms with E-state index in [9.17, 15) is 4.79 Å². The first-order valence-corrected chi connectivity index (χ1v) is 8.72. The highest BCUT2D eigenvalue weighted by atomic mass is 79.9. The Balaban J connectivity index is 1.78. The molecule has 1 aliphatic heterocycles. The Bertz CT molecular complexity index is 688. The zero-order valence-corrected chi connectivity index (χ0v) is 13.7. The molecule has 0 atom stereocenters. The van der Waals surface area contributed by atoms with Crippen LogP contribution in [0.25, 0.3) is 10.4 Å². The Kier molecular flexibility index (Phi) is 3.08. The minimum atomic E-state index is -0.264. The summed E-state index contributed by atoms with van der Waals surface area (Å²) in [5.74, 6) is 0.0334. The molecular formula is C14H15BrN4OS. The number of rotatable bonds is 1. The second-order valence-corrected chi connectivity index (χ2v) is 7.47. The summed E-state index contributed by atoms with van der Waals surface area (Å²) < 4.78 is 0.962. The molecule has 0 radical (unpaired) electrons. The largest absolute Gasteiger partial charge is 0.360 e. The zero-order valence-electron chi connectivity index (χ0n) is 11.3. The first-order valence-electron chi connectivity index (χ1n) is 7.11. The van der Waals surface area contributed by atoms with Crippen LogP contribution in [0.2, 0.25) is 0 Å². The van der Waals surface area contributed by atoms with Crippen LogP contribution in [0.1, 0.15) is 41.8 Å². The fraction of sp³-hybridized carbons (Fsp3) is 0.429. The number of H-pyrrole nitrogens is 1. The molecule has 1 amide bonds. The van der Waals surface area contributed by atoms with Gasteiger partial charge in [0.15, 0.2) is 0 Å². The normalized spacial score (nSPS) is 20.0. The maximum atomic E-state index is 12.5. The van der Waals surface area contributed by atoms with Crippen molar-refractivity contribution in [1.82, 2.24) is 15.5 Å². The fourth-order valence-corrected chi connectivity index (χ4v) is 5.12. The second-order valence-electron chi connectivity index (χ2n) is 5.66. The minimum absolute atomic E-state index is 0.0334. The number of aromatic nitrogens is 2. The third-order valence-electron chi connectivity index (χ3n) is 4.24. The maximum absolute atomic E-state index is 12.5. The lowest BCUT2D eigenvalue weighted by Gasteiger charge is -2.42. The van der Waals surface area contributed by atoms with Crippen LogP contribution in [0.4, 0.5) is 5.69 Å². The quantitative estimate of drug-likeness (QED) is 0.720. The van der Waals surface area contributed by atoms with E-state index >= 15 is 0 Å². The van der Waals surface area contributed by atoms with Gasteiger partial charge in [-0.25, -0.2) is 0 Å². The van der Waals surface area contributed by atoms with Crippen molar-refractivity contribution >= 4 is 38.9 Å². The average molecular weight is 367 g/mol. The Labute approximate surface area is 134 Å². The van der Waals surface area contributed by atoms with Gasteiger partial charge in [0.05, 0.1) is 21.2 Å². The third-order valence-corrected chi connectivity index (χ3v) is 6.53. The topological polar surface area (TPSA) is 69.8 Å². The van der Waals surface area contributed by atoms with E-state index in [1.165, 1.54) is 17.8 Å². The molecule has 0 aromatic carbocycles. The zero-order chi connectivity index (χ0) is 14.4. The van der Waals surface area contributed by atoms with E-state index in [1.54, 1.807) is 6.20 Å². The monoisotopic (exact) mass is 366 g/mol. The van der Waals surface area contributed by atoms with Crippen LogP contribution in [0.5, 0.6) is 0 Å².